The minimum absolute atomic E-state index is 0. The van der Waals surface area contributed by atoms with Gasteiger partial charge in [-0.15, -0.1) is 24.0 Å². The maximum atomic E-state index is 6.04. The second-order valence-electron chi connectivity index (χ2n) is 6.89. The molecule has 5 nitrogen and oxygen atoms in total. The van der Waals surface area contributed by atoms with E-state index in [2.05, 4.69) is 27.8 Å². The molecular formula is C21H36IN3O2. The van der Waals surface area contributed by atoms with Gasteiger partial charge in [0.25, 0.3) is 0 Å². The lowest BCUT2D eigenvalue weighted by Crippen LogP contribution is -2.37. The highest BCUT2D eigenvalue weighted by molar-refractivity contribution is 14.0. The average molecular weight is 489 g/mol. The number of nitrogens with one attached hydrogen (secondary N) is 2. The van der Waals surface area contributed by atoms with E-state index in [-0.39, 0.29) is 24.0 Å². The maximum absolute atomic E-state index is 6.04. The molecule has 154 valence electrons. The molecule has 2 rings (SSSR count). The number of ether oxygens (including phenoxy) is 2. The van der Waals surface area contributed by atoms with Crippen molar-refractivity contribution < 1.29 is 9.47 Å². The van der Waals surface area contributed by atoms with Gasteiger partial charge in [0.15, 0.2) is 5.96 Å². The van der Waals surface area contributed by atoms with Crippen molar-refractivity contribution in [3.05, 3.63) is 29.8 Å². The van der Waals surface area contributed by atoms with Gasteiger partial charge in [-0.05, 0) is 43.4 Å². The van der Waals surface area contributed by atoms with Gasteiger partial charge in [0, 0.05) is 26.7 Å². The Kier molecular flexibility index (Phi) is 13.3. The number of hydrogen-bond donors (Lipinski definition) is 2. The third kappa shape index (κ3) is 10.2. The molecule has 1 fully saturated rings. The minimum Gasteiger partial charge on any atom is -0.497 e. The van der Waals surface area contributed by atoms with Gasteiger partial charge < -0.3 is 20.1 Å². The topological polar surface area (TPSA) is 54.9 Å². The molecule has 1 aromatic carbocycles. The fourth-order valence-corrected chi connectivity index (χ4v) is 3.24. The van der Waals surface area contributed by atoms with Crippen LogP contribution in [0.5, 0.6) is 5.75 Å². The van der Waals surface area contributed by atoms with E-state index >= 15 is 0 Å². The van der Waals surface area contributed by atoms with Gasteiger partial charge >= 0.3 is 0 Å². The summed E-state index contributed by atoms with van der Waals surface area (Å²) in [5, 5.41) is 6.71. The molecule has 0 radical (unpaired) electrons. The fraction of sp³-hybridized carbons (Fsp3) is 0.667. The van der Waals surface area contributed by atoms with Gasteiger partial charge in [0.05, 0.1) is 13.2 Å². The molecule has 0 atom stereocenters. The third-order valence-corrected chi connectivity index (χ3v) is 4.86. The zero-order valence-electron chi connectivity index (χ0n) is 16.8. The first-order chi connectivity index (χ1) is 12.8. The van der Waals surface area contributed by atoms with Crippen molar-refractivity contribution in [3.8, 4) is 5.75 Å². The highest BCUT2D eigenvalue weighted by Gasteiger charge is 2.11. The number of benzene rings is 1. The predicted molar refractivity (Wildman–Crippen MR) is 123 cm³/mol. The van der Waals surface area contributed by atoms with E-state index in [9.17, 15) is 0 Å². The smallest absolute Gasteiger partial charge is 0.191 e. The van der Waals surface area contributed by atoms with Crippen molar-refractivity contribution in [2.24, 2.45) is 4.99 Å². The van der Waals surface area contributed by atoms with Gasteiger partial charge in [0.1, 0.15) is 5.75 Å². The Morgan fingerprint density at radius 1 is 1.04 bits per heavy atom. The lowest BCUT2D eigenvalue weighted by Gasteiger charge is -2.15. The molecule has 0 spiro atoms. The standard InChI is InChI=1S/C21H35N3O2.HI/c1-22-21(24-17-18-11-13-19(25-2)14-12-18)23-15-7-8-16-26-20-9-5-3-4-6-10-20;/h11-14,20H,3-10,15-17H2,1-2H3,(H2,22,23,24);1H. The first-order valence-corrected chi connectivity index (χ1v) is 10.0. The third-order valence-electron chi connectivity index (χ3n) is 4.86. The van der Waals surface area contributed by atoms with Crippen molar-refractivity contribution in [2.45, 2.75) is 64.0 Å². The molecule has 6 heteroatoms. The Hall–Kier alpha value is -1.02. The monoisotopic (exact) mass is 489 g/mol. The van der Waals surface area contributed by atoms with Crippen LogP contribution in [0.4, 0.5) is 0 Å². The predicted octanol–water partition coefficient (Wildman–Crippen LogP) is 4.50. The second kappa shape index (κ2) is 15.0. The van der Waals surface area contributed by atoms with Crippen LogP contribution in [0.25, 0.3) is 0 Å². The lowest BCUT2D eigenvalue weighted by atomic mass is 10.1. The van der Waals surface area contributed by atoms with Crippen molar-refractivity contribution in [1.82, 2.24) is 10.6 Å². The summed E-state index contributed by atoms with van der Waals surface area (Å²) in [6, 6.07) is 8.07. The molecule has 1 saturated carbocycles. The van der Waals surface area contributed by atoms with Crippen molar-refractivity contribution in [3.63, 3.8) is 0 Å². The number of unbranched alkanes of at least 4 members (excludes halogenated alkanes) is 1. The summed E-state index contributed by atoms with van der Waals surface area (Å²) in [7, 11) is 3.49. The van der Waals surface area contributed by atoms with Crippen LogP contribution >= 0.6 is 24.0 Å². The number of nitrogens with zero attached hydrogens (tertiary/aromatic N) is 1. The number of hydrogen-bond acceptors (Lipinski definition) is 3. The van der Waals surface area contributed by atoms with Gasteiger partial charge in [-0.25, -0.2) is 0 Å². The normalized spacial score (nSPS) is 15.6. The van der Waals surface area contributed by atoms with Crippen LogP contribution in [0.2, 0.25) is 0 Å². The van der Waals surface area contributed by atoms with E-state index in [0.29, 0.717) is 6.10 Å². The van der Waals surface area contributed by atoms with Crippen LogP contribution in [0.15, 0.2) is 29.3 Å². The zero-order valence-corrected chi connectivity index (χ0v) is 19.2. The number of methoxy groups -OCH3 is 1. The molecule has 2 N–H and O–H groups in total. The summed E-state index contributed by atoms with van der Waals surface area (Å²) in [6.45, 7) is 2.54. The van der Waals surface area contributed by atoms with E-state index in [1.807, 2.05) is 12.1 Å². The molecule has 0 aliphatic heterocycles. The Labute approximate surface area is 181 Å². The SMILES string of the molecule is CN=C(NCCCCOC1CCCCCC1)NCc1ccc(OC)cc1.I. The molecule has 0 saturated heterocycles. The Balaban J connectivity index is 0.00000364. The van der Waals surface area contributed by atoms with Crippen LogP contribution < -0.4 is 15.4 Å². The number of guanidine groups is 1. The summed E-state index contributed by atoms with van der Waals surface area (Å²) in [5.41, 5.74) is 1.20. The molecular weight excluding hydrogens is 453 g/mol. The Morgan fingerprint density at radius 3 is 2.37 bits per heavy atom. The highest BCUT2D eigenvalue weighted by atomic mass is 127. The van der Waals surface area contributed by atoms with Crippen LogP contribution in [0.3, 0.4) is 0 Å². The summed E-state index contributed by atoms with van der Waals surface area (Å²) in [4.78, 5) is 4.28. The Morgan fingerprint density at radius 2 is 1.74 bits per heavy atom. The van der Waals surface area contributed by atoms with Crippen molar-refractivity contribution in [1.29, 1.82) is 0 Å². The summed E-state index contributed by atoms with van der Waals surface area (Å²) in [5.74, 6) is 1.72. The van der Waals surface area contributed by atoms with E-state index in [1.165, 1.54) is 44.1 Å². The molecule has 0 unspecified atom stereocenters. The minimum atomic E-state index is 0. The van der Waals surface area contributed by atoms with Gasteiger partial charge in [-0.2, -0.15) is 0 Å². The molecule has 1 aliphatic carbocycles. The first-order valence-electron chi connectivity index (χ1n) is 10.0. The average Bonchev–Trinajstić information content (AvgIpc) is 2.96. The number of halogens is 1. The largest absolute Gasteiger partial charge is 0.497 e. The fourth-order valence-electron chi connectivity index (χ4n) is 3.24. The van der Waals surface area contributed by atoms with Gasteiger partial charge in [0.2, 0.25) is 0 Å². The first kappa shape index (κ1) is 24.0. The molecule has 0 heterocycles. The Bertz CT molecular complexity index is 515. The summed E-state index contributed by atoms with van der Waals surface area (Å²) in [6.07, 6.45) is 10.6. The van der Waals surface area contributed by atoms with Gasteiger partial charge in [-0.3, -0.25) is 4.99 Å². The van der Waals surface area contributed by atoms with Crippen LogP contribution in [-0.4, -0.2) is 39.4 Å². The number of aliphatic imine (C=N–C) groups is 1. The van der Waals surface area contributed by atoms with E-state index in [0.717, 1.165) is 44.2 Å². The lowest BCUT2D eigenvalue weighted by molar-refractivity contribution is 0.0411. The van der Waals surface area contributed by atoms with E-state index < -0.39 is 0 Å². The van der Waals surface area contributed by atoms with E-state index in [4.69, 9.17) is 9.47 Å². The molecule has 1 aromatic rings. The van der Waals surface area contributed by atoms with E-state index in [1.54, 1.807) is 14.2 Å². The van der Waals surface area contributed by atoms with Crippen molar-refractivity contribution >= 4 is 29.9 Å². The second-order valence-corrected chi connectivity index (χ2v) is 6.89. The molecule has 0 aromatic heterocycles. The summed E-state index contributed by atoms with van der Waals surface area (Å²) >= 11 is 0. The van der Waals surface area contributed by atoms with Crippen LogP contribution in [0.1, 0.15) is 56.9 Å². The zero-order chi connectivity index (χ0) is 18.5. The number of rotatable bonds is 9. The molecule has 0 amide bonds. The van der Waals surface area contributed by atoms with Crippen LogP contribution in [0, 0.1) is 0 Å². The molecule has 1 aliphatic rings. The summed E-state index contributed by atoms with van der Waals surface area (Å²) < 4.78 is 11.2. The molecule has 0 bridgehead atoms. The maximum Gasteiger partial charge on any atom is 0.191 e. The quantitative estimate of drug-likeness (QED) is 0.176. The van der Waals surface area contributed by atoms with Crippen LogP contribution in [-0.2, 0) is 11.3 Å². The highest BCUT2D eigenvalue weighted by Crippen LogP contribution is 2.19. The van der Waals surface area contributed by atoms with Gasteiger partial charge in [-0.1, -0.05) is 37.8 Å². The molecule has 27 heavy (non-hydrogen) atoms. The van der Waals surface area contributed by atoms with Crippen molar-refractivity contribution in [2.75, 3.05) is 27.3 Å².